The van der Waals surface area contributed by atoms with E-state index >= 15 is 0 Å². The number of carbonyl (C=O) groups is 2. The fraction of sp³-hybridized carbons (Fsp3) is 0.250. The Hall–Kier alpha value is -4.57. The topological polar surface area (TPSA) is 111 Å². The molecule has 0 aliphatic rings. The third-order valence-corrected chi connectivity index (χ3v) is 6.20. The third-order valence-electron chi connectivity index (χ3n) is 6.20. The van der Waals surface area contributed by atoms with Gasteiger partial charge in [-0.25, -0.2) is 4.98 Å². The molecule has 0 radical (unpaired) electrons. The van der Waals surface area contributed by atoms with E-state index in [9.17, 15) is 14.4 Å². The van der Waals surface area contributed by atoms with Crippen LogP contribution in [-0.4, -0.2) is 63.4 Å². The number of aromatic nitrogens is 4. The van der Waals surface area contributed by atoms with Crippen molar-refractivity contribution in [2.75, 3.05) is 27.3 Å². The molecule has 10 nitrogen and oxygen atoms in total. The van der Waals surface area contributed by atoms with Gasteiger partial charge in [-0.1, -0.05) is 31.4 Å². The molecule has 0 saturated heterocycles. The second-order valence-electron chi connectivity index (χ2n) is 9.20. The van der Waals surface area contributed by atoms with Gasteiger partial charge in [0.2, 0.25) is 0 Å². The lowest BCUT2D eigenvalue weighted by atomic mass is 10.0. The van der Waals surface area contributed by atoms with Crippen LogP contribution in [0.3, 0.4) is 0 Å². The van der Waals surface area contributed by atoms with Gasteiger partial charge in [-0.05, 0) is 37.6 Å². The molecule has 0 bridgehead atoms. The van der Waals surface area contributed by atoms with Gasteiger partial charge in [-0.15, -0.1) is 0 Å². The average molecular weight is 515 g/mol. The number of para-hydroxylation sites is 1. The SMILES string of the molecule is C=C(NC(=O)C(=C)n1cnc2c(-c3ccc4nn(C(C)C)cc4c3)cccc2c1=O)C(=O)N(C)CCOC. The zero-order chi connectivity index (χ0) is 27.6. The Bertz CT molecular complexity index is 1630. The summed E-state index contributed by atoms with van der Waals surface area (Å²) < 4.78 is 7.93. The lowest BCUT2D eigenvalue weighted by molar-refractivity contribution is -0.128. The lowest BCUT2D eigenvalue weighted by Crippen LogP contribution is -2.38. The number of carbonyl (C=O) groups excluding carboxylic acids is 2. The molecule has 0 aliphatic carbocycles. The highest BCUT2D eigenvalue weighted by Crippen LogP contribution is 2.29. The molecule has 4 aromatic rings. The van der Waals surface area contributed by atoms with Crippen molar-refractivity contribution < 1.29 is 14.3 Å². The average Bonchev–Trinajstić information content (AvgIpc) is 3.35. The molecule has 196 valence electrons. The van der Waals surface area contributed by atoms with Crippen molar-refractivity contribution in [3.63, 3.8) is 0 Å². The Morgan fingerprint density at radius 1 is 1.18 bits per heavy atom. The Kier molecular flexibility index (Phi) is 7.54. The molecule has 0 fully saturated rings. The minimum Gasteiger partial charge on any atom is -0.383 e. The standard InChI is InChI=1S/C28H30N6O4/c1-17(2)34-15-21-14-20(10-11-24(21)31-34)22-8-7-9-23-25(22)29-16-33(28(23)37)19(4)26(35)30-18(3)27(36)32(5)12-13-38-6/h7-11,14-17H,3-4,12-13H2,1-2,5-6H3,(H,30,35). The molecule has 0 atom stereocenters. The zero-order valence-electron chi connectivity index (χ0n) is 21.9. The van der Waals surface area contributed by atoms with Crippen LogP contribution in [-0.2, 0) is 14.3 Å². The van der Waals surface area contributed by atoms with E-state index in [-0.39, 0.29) is 17.4 Å². The fourth-order valence-electron chi connectivity index (χ4n) is 3.99. The maximum atomic E-state index is 13.4. The molecule has 0 unspecified atom stereocenters. The van der Waals surface area contributed by atoms with Crippen molar-refractivity contribution in [1.29, 1.82) is 0 Å². The van der Waals surface area contributed by atoms with Gasteiger partial charge in [0.25, 0.3) is 17.4 Å². The van der Waals surface area contributed by atoms with Crippen molar-refractivity contribution >= 4 is 39.3 Å². The fourth-order valence-corrected chi connectivity index (χ4v) is 3.99. The summed E-state index contributed by atoms with van der Waals surface area (Å²) in [5.41, 5.74) is 2.25. The highest BCUT2D eigenvalue weighted by molar-refractivity contribution is 6.15. The van der Waals surface area contributed by atoms with E-state index < -0.39 is 17.4 Å². The van der Waals surface area contributed by atoms with E-state index in [1.54, 1.807) is 19.2 Å². The monoisotopic (exact) mass is 514 g/mol. The first-order valence-corrected chi connectivity index (χ1v) is 12.1. The summed E-state index contributed by atoms with van der Waals surface area (Å²) in [6.07, 6.45) is 3.26. The molecule has 2 aromatic carbocycles. The number of fused-ring (bicyclic) bond motifs is 2. The maximum absolute atomic E-state index is 13.4. The Morgan fingerprint density at radius 3 is 2.66 bits per heavy atom. The molecule has 0 aliphatic heterocycles. The second kappa shape index (κ2) is 10.8. The van der Waals surface area contributed by atoms with Gasteiger partial charge < -0.3 is 15.0 Å². The smallest absolute Gasteiger partial charge is 0.272 e. The van der Waals surface area contributed by atoms with E-state index in [0.29, 0.717) is 24.1 Å². The summed E-state index contributed by atoms with van der Waals surface area (Å²) >= 11 is 0. The summed E-state index contributed by atoms with van der Waals surface area (Å²) in [6, 6.07) is 11.5. The maximum Gasteiger partial charge on any atom is 0.272 e. The summed E-state index contributed by atoms with van der Waals surface area (Å²) in [6.45, 7) is 12.2. The van der Waals surface area contributed by atoms with E-state index in [1.807, 2.05) is 35.1 Å². The molecule has 10 heteroatoms. The number of benzene rings is 2. The first-order chi connectivity index (χ1) is 18.1. The van der Waals surface area contributed by atoms with Crippen molar-refractivity contribution in [2.24, 2.45) is 0 Å². The van der Waals surface area contributed by atoms with E-state index in [2.05, 4.69) is 42.4 Å². The van der Waals surface area contributed by atoms with Gasteiger partial charge in [-0.3, -0.25) is 23.6 Å². The number of ether oxygens (including phenoxy) is 1. The van der Waals surface area contributed by atoms with Gasteiger partial charge in [0.1, 0.15) is 12.0 Å². The minimum atomic E-state index is -0.740. The quantitative estimate of drug-likeness (QED) is 0.344. The predicted molar refractivity (Wildman–Crippen MR) is 147 cm³/mol. The van der Waals surface area contributed by atoms with Crippen molar-refractivity contribution in [1.82, 2.24) is 29.5 Å². The Morgan fingerprint density at radius 2 is 1.95 bits per heavy atom. The van der Waals surface area contributed by atoms with E-state index in [4.69, 9.17) is 4.74 Å². The molecule has 2 aromatic heterocycles. The molecule has 0 saturated carbocycles. The van der Waals surface area contributed by atoms with Crippen LogP contribution < -0.4 is 10.9 Å². The van der Waals surface area contributed by atoms with Crippen LogP contribution in [0, 0.1) is 0 Å². The van der Waals surface area contributed by atoms with Gasteiger partial charge >= 0.3 is 0 Å². The molecule has 2 heterocycles. The predicted octanol–water partition coefficient (Wildman–Crippen LogP) is 3.20. The van der Waals surface area contributed by atoms with Crippen LogP contribution in [0.2, 0.25) is 0 Å². The first-order valence-electron chi connectivity index (χ1n) is 12.1. The van der Waals surface area contributed by atoms with E-state index in [1.165, 1.54) is 18.3 Å². The van der Waals surface area contributed by atoms with Crippen molar-refractivity contribution in [3.05, 3.63) is 78.1 Å². The Labute approximate surface area is 219 Å². The number of nitrogens with zero attached hydrogens (tertiary/aromatic N) is 5. The number of rotatable bonds is 9. The van der Waals surface area contributed by atoms with Crippen LogP contribution in [0.5, 0.6) is 0 Å². The third kappa shape index (κ3) is 5.12. The summed E-state index contributed by atoms with van der Waals surface area (Å²) in [5.74, 6) is -1.22. The lowest BCUT2D eigenvalue weighted by Gasteiger charge is -2.18. The number of nitrogens with one attached hydrogen (secondary N) is 1. The largest absolute Gasteiger partial charge is 0.383 e. The van der Waals surface area contributed by atoms with Crippen LogP contribution >= 0.6 is 0 Å². The molecule has 2 amide bonds. The Balaban J connectivity index is 1.62. The molecular weight excluding hydrogens is 484 g/mol. The van der Waals surface area contributed by atoms with E-state index in [0.717, 1.165) is 26.6 Å². The zero-order valence-corrected chi connectivity index (χ0v) is 21.9. The molecule has 0 spiro atoms. The summed E-state index contributed by atoms with van der Waals surface area (Å²) in [5, 5.41) is 8.31. The molecular formula is C28H30N6O4. The number of methoxy groups -OCH3 is 1. The number of amides is 2. The second-order valence-corrected chi connectivity index (χ2v) is 9.20. The highest BCUT2D eigenvalue weighted by atomic mass is 16.5. The molecule has 4 rings (SSSR count). The summed E-state index contributed by atoms with van der Waals surface area (Å²) in [4.78, 5) is 44.4. The highest BCUT2D eigenvalue weighted by Gasteiger charge is 2.19. The first kappa shape index (κ1) is 26.5. The number of likely N-dealkylation sites (N-methyl/N-ethyl adjacent to an activating group) is 1. The number of hydrogen-bond acceptors (Lipinski definition) is 6. The van der Waals surface area contributed by atoms with Gasteiger partial charge in [0, 0.05) is 43.9 Å². The molecule has 1 N–H and O–H groups in total. The molecule has 38 heavy (non-hydrogen) atoms. The van der Waals surface area contributed by atoms with Gasteiger partial charge in [-0.2, -0.15) is 5.10 Å². The van der Waals surface area contributed by atoms with Crippen LogP contribution in [0.4, 0.5) is 0 Å². The van der Waals surface area contributed by atoms with Crippen molar-refractivity contribution in [2.45, 2.75) is 19.9 Å². The van der Waals surface area contributed by atoms with Gasteiger partial charge in [0.05, 0.1) is 28.7 Å². The summed E-state index contributed by atoms with van der Waals surface area (Å²) in [7, 11) is 3.09. The van der Waals surface area contributed by atoms with Crippen molar-refractivity contribution in [3.8, 4) is 11.1 Å². The minimum absolute atomic E-state index is 0.144. The van der Waals surface area contributed by atoms with Crippen LogP contribution in [0.15, 0.2) is 72.6 Å². The number of hydrogen-bond donors (Lipinski definition) is 1. The van der Waals surface area contributed by atoms with Crippen LogP contribution in [0.25, 0.3) is 38.6 Å². The van der Waals surface area contributed by atoms with Gasteiger partial charge in [0.15, 0.2) is 0 Å². The normalized spacial score (nSPS) is 11.2. The van der Waals surface area contributed by atoms with Crippen LogP contribution in [0.1, 0.15) is 19.9 Å².